The van der Waals surface area contributed by atoms with Crippen LogP contribution in [0.4, 0.5) is 0 Å². The minimum Gasteiger partial charge on any atom is -0.462 e. The molecule has 60 heavy (non-hydrogen) atoms. The number of nitrogens with zero attached hydrogens (tertiary/aromatic N) is 1. The van der Waals surface area contributed by atoms with Crippen LogP contribution in [0.15, 0.2) is 97.2 Å². The first-order valence-corrected chi connectivity index (χ1v) is 24.5. The normalized spacial score (nSPS) is 14.4. The van der Waals surface area contributed by atoms with E-state index in [1.807, 2.05) is 21.1 Å². The summed E-state index contributed by atoms with van der Waals surface area (Å²) in [6, 6.07) is 0. The summed E-state index contributed by atoms with van der Waals surface area (Å²) in [7, 11) is 1.41. The number of phosphoric acid groups is 1. The molecule has 9 nitrogen and oxygen atoms in total. The Morgan fingerprint density at radius 1 is 0.533 bits per heavy atom. The number of esters is 2. The minimum atomic E-state index is -4.40. The quantitative estimate of drug-likeness (QED) is 0.0213. The topological polar surface area (TPSA) is 108 Å². The molecule has 0 aromatic rings. The van der Waals surface area contributed by atoms with E-state index >= 15 is 0 Å². The van der Waals surface area contributed by atoms with Crippen molar-refractivity contribution in [1.29, 1.82) is 0 Å². The van der Waals surface area contributed by atoms with Gasteiger partial charge in [-0.2, -0.15) is 0 Å². The second kappa shape index (κ2) is 41.3. The summed E-state index contributed by atoms with van der Waals surface area (Å²) < 4.78 is 34.2. The first-order chi connectivity index (χ1) is 29.0. The molecule has 0 radical (unpaired) electrons. The molecule has 10 heteroatoms. The van der Waals surface area contributed by atoms with Crippen LogP contribution in [0.25, 0.3) is 0 Å². The molecule has 0 aliphatic carbocycles. The number of quaternary nitrogens is 1. The van der Waals surface area contributed by atoms with Crippen molar-refractivity contribution in [3.63, 3.8) is 0 Å². The van der Waals surface area contributed by atoms with Crippen LogP contribution < -0.4 is 0 Å². The minimum absolute atomic E-state index is 0.0117. The number of hydrogen-bond donors (Lipinski definition) is 1. The van der Waals surface area contributed by atoms with Gasteiger partial charge in [0.25, 0.3) is 0 Å². The van der Waals surface area contributed by atoms with E-state index in [9.17, 15) is 19.0 Å². The molecular weight excluding hydrogens is 774 g/mol. The summed E-state index contributed by atoms with van der Waals surface area (Å²) in [6.45, 7) is 4.18. The van der Waals surface area contributed by atoms with Gasteiger partial charge in [0, 0.05) is 12.8 Å². The summed E-state index contributed by atoms with van der Waals surface area (Å²) in [6.07, 6.45) is 54.7. The van der Waals surface area contributed by atoms with Crippen molar-refractivity contribution in [3.05, 3.63) is 97.2 Å². The van der Waals surface area contributed by atoms with E-state index in [2.05, 4.69) is 111 Å². The number of allylic oxidation sites excluding steroid dienone is 16. The highest BCUT2D eigenvalue weighted by Gasteiger charge is 2.27. The number of likely N-dealkylation sites (N-methyl/N-ethyl adjacent to an activating group) is 1. The van der Waals surface area contributed by atoms with Crippen LogP contribution in [-0.4, -0.2) is 74.9 Å². The van der Waals surface area contributed by atoms with E-state index in [1.54, 1.807) is 0 Å². The molecule has 0 fully saturated rings. The van der Waals surface area contributed by atoms with Gasteiger partial charge in [-0.3, -0.25) is 18.6 Å². The maximum atomic E-state index is 12.7. The highest BCUT2D eigenvalue weighted by molar-refractivity contribution is 7.47. The molecule has 0 spiro atoms. The van der Waals surface area contributed by atoms with Crippen LogP contribution in [0.3, 0.4) is 0 Å². The molecule has 0 aromatic carbocycles. The molecule has 1 unspecified atom stereocenters. The molecule has 0 aromatic heterocycles. The van der Waals surface area contributed by atoms with Crippen LogP contribution in [0.5, 0.6) is 0 Å². The molecule has 0 saturated heterocycles. The van der Waals surface area contributed by atoms with E-state index in [4.69, 9.17) is 18.5 Å². The molecule has 342 valence electrons. The monoisotopic (exact) mass is 859 g/mol. The number of ether oxygens (including phenoxy) is 2. The number of hydrogen-bond acceptors (Lipinski definition) is 7. The SMILES string of the molecule is CC/C=C/C/C=C/C/C=C/C/C=C/C/C=C/CCCCCC(=O)O[C@H](COC(=O)CCC/C=C/C/C=C/C/C=C/CCCCCCCC)COP(=O)(O)OCC[N+](C)(C)C. The van der Waals surface area contributed by atoms with Gasteiger partial charge in [-0.05, 0) is 89.9 Å². The fraction of sp³-hybridized carbons (Fsp3) is 0.640. The Kier molecular flexibility index (Phi) is 39.2. The van der Waals surface area contributed by atoms with Crippen molar-refractivity contribution in [2.45, 2.75) is 161 Å². The van der Waals surface area contributed by atoms with Crippen LogP contribution in [0.1, 0.15) is 155 Å². The highest BCUT2D eigenvalue weighted by atomic mass is 31.2. The van der Waals surface area contributed by atoms with Gasteiger partial charge in [-0.1, -0.05) is 150 Å². The molecule has 0 saturated carbocycles. The van der Waals surface area contributed by atoms with Crippen LogP contribution >= 0.6 is 7.82 Å². The van der Waals surface area contributed by atoms with Crippen molar-refractivity contribution >= 4 is 19.8 Å². The third-order valence-corrected chi connectivity index (χ3v) is 10.1. The van der Waals surface area contributed by atoms with Crippen molar-refractivity contribution in [3.8, 4) is 0 Å². The van der Waals surface area contributed by atoms with Crippen molar-refractivity contribution < 1.29 is 42.1 Å². The zero-order chi connectivity index (χ0) is 44.3. The highest BCUT2D eigenvalue weighted by Crippen LogP contribution is 2.43. The van der Waals surface area contributed by atoms with Gasteiger partial charge >= 0.3 is 19.8 Å². The predicted molar refractivity (Wildman–Crippen MR) is 252 cm³/mol. The molecular formula is C50H85NO8P+. The number of rotatable bonds is 40. The number of carbonyl (C=O) groups excluding carboxylic acids is 2. The smallest absolute Gasteiger partial charge is 0.462 e. The fourth-order valence-electron chi connectivity index (χ4n) is 5.53. The molecule has 0 aliphatic heterocycles. The lowest BCUT2D eigenvalue weighted by atomic mass is 10.1. The average molecular weight is 859 g/mol. The molecule has 0 bridgehead atoms. The van der Waals surface area contributed by atoms with Crippen molar-refractivity contribution in [2.75, 3.05) is 47.5 Å². The summed E-state index contributed by atoms with van der Waals surface area (Å²) in [5.74, 6) is -0.907. The maximum absolute atomic E-state index is 12.7. The Balaban J connectivity index is 4.51. The first kappa shape index (κ1) is 56.9. The molecule has 0 aliphatic rings. The summed E-state index contributed by atoms with van der Waals surface area (Å²) in [5.41, 5.74) is 0. The van der Waals surface area contributed by atoms with Crippen LogP contribution in [-0.2, 0) is 32.7 Å². The van der Waals surface area contributed by atoms with E-state index in [0.717, 1.165) is 77.0 Å². The number of phosphoric ester groups is 1. The van der Waals surface area contributed by atoms with Gasteiger partial charge in [0.05, 0.1) is 27.7 Å². The summed E-state index contributed by atoms with van der Waals surface area (Å²) in [4.78, 5) is 35.4. The Morgan fingerprint density at radius 3 is 1.47 bits per heavy atom. The molecule has 0 rings (SSSR count). The summed E-state index contributed by atoms with van der Waals surface area (Å²) in [5, 5.41) is 0. The van der Waals surface area contributed by atoms with E-state index in [1.165, 1.54) is 38.5 Å². The standard InChI is InChI=1S/C50H84NO8P/c1-6-8-10-12-14-16-18-20-22-24-25-27-29-31-33-35-37-39-41-43-50(53)59-48(47-58-60(54,55)57-45-44-51(3,4)5)46-56-49(52)42-40-38-36-34-32-30-28-26-23-21-19-17-15-13-11-9-7-2/h8,10,14,16,20-23,25,27-28,30-31,33-34,36,48H,6-7,9,11-13,15,17-19,24,26,29,32,35,37-47H2,1-5H3/p+1/b10-8+,16-14+,22-20+,23-21+,27-25+,30-28+,33-31+,36-34+/t48-/m1/s1. The van der Waals surface area contributed by atoms with Crippen LogP contribution in [0.2, 0.25) is 0 Å². The molecule has 0 amide bonds. The zero-order valence-electron chi connectivity index (χ0n) is 38.4. The van der Waals surface area contributed by atoms with E-state index in [-0.39, 0.29) is 26.1 Å². The molecule has 0 heterocycles. The van der Waals surface area contributed by atoms with Gasteiger partial charge in [-0.15, -0.1) is 0 Å². The lowest BCUT2D eigenvalue weighted by Gasteiger charge is -2.24. The second-order valence-corrected chi connectivity index (χ2v) is 17.5. The number of unbranched alkanes of at least 4 members (excludes halogenated alkanes) is 10. The van der Waals surface area contributed by atoms with E-state index in [0.29, 0.717) is 23.9 Å². The maximum Gasteiger partial charge on any atom is 0.472 e. The van der Waals surface area contributed by atoms with Gasteiger partial charge in [-0.25, -0.2) is 4.57 Å². The Hall–Kier alpha value is -3.07. The Bertz CT molecular complexity index is 1340. The van der Waals surface area contributed by atoms with Gasteiger partial charge in [0.2, 0.25) is 0 Å². The average Bonchev–Trinajstić information content (AvgIpc) is 3.20. The third-order valence-electron chi connectivity index (χ3n) is 9.10. The van der Waals surface area contributed by atoms with Crippen molar-refractivity contribution in [2.24, 2.45) is 0 Å². The lowest BCUT2D eigenvalue weighted by molar-refractivity contribution is -0.870. The lowest BCUT2D eigenvalue weighted by Crippen LogP contribution is -2.37. The van der Waals surface area contributed by atoms with Crippen molar-refractivity contribution in [1.82, 2.24) is 0 Å². The van der Waals surface area contributed by atoms with Gasteiger partial charge < -0.3 is 18.9 Å². The third kappa shape index (κ3) is 44.5. The Labute approximate surface area is 366 Å². The second-order valence-electron chi connectivity index (χ2n) is 16.0. The van der Waals surface area contributed by atoms with Crippen LogP contribution in [0, 0.1) is 0 Å². The Morgan fingerprint density at radius 2 is 0.967 bits per heavy atom. The predicted octanol–water partition coefficient (Wildman–Crippen LogP) is 13.4. The zero-order valence-corrected chi connectivity index (χ0v) is 39.3. The van der Waals surface area contributed by atoms with E-state index < -0.39 is 32.5 Å². The van der Waals surface area contributed by atoms with Gasteiger partial charge in [0.1, 0.15) is 19.8 Å². The first-order valence-electron chi connectivity index (χ1n) is 23.0. The fourth-order valence-corrected chi connectivity index (χ4v) is 6.27. The molecule has 1 N–H and O–H groups in total. The summed E-state index contributed by atoms with van der Waals surface area (Å²) >= 11 is 0. The number of carbonyl (C=O) groups is 2. The molecule has 2 atom stereocenters. The largest absolute Gasteiger partial charge is 0.472 e. The van der Waals surface area contributed by atoms with Gasteiger partial charge in [0.15, 0.2) is 6.10 Å².